The van der Waals surface area contributed by atoms with Gasteiger partial charge in [-0.1, -0.05) is 59.9 Å². The first kappa shape index (κ1) is 28.1. The molecule has 0 saturated heterocycles. The van der Waals surface area contributed by atoms with Crippen LogP contribution in [0.4, 0.5) is 22.5 Å². The fourth-order valence-corrected chi connectivity index (χ4v) is 4.86. The summed E-state index contributed by atoms with van der Waals surface area (Å²) < 4.78 is 0. The Kier molecular flexibility index (Phi) is 8.04. The third-order valence-corrected chi connectivity index (χ3v) is 7.39. The highest BCUT2D eigenvalue weighted by molar-refractivity contribution is 7.22. The zero-order valence-corrected chi connectivity index (χ0v) is 24.0. The van der Waals surface area contributed by atoms with Gasteiger partial charge in [0.15, 0.2) is 9.96 Å². The molecule has 3 aromatic carbocycles. The zero-order chi connectivity index (χ0) is 29.7. The molecule has 0 unspecified atom stereocenters. The van der Waals surface area contributed by atoms with E-state index in [0.717, 1.165) is 16.8 Å². The third kappa shape index (κ3) is 6.49. The predicted octanol–water partition coefficient (Wildman–Crippen LogP) is 6.56. The van der Waals surface area contributed by atoms with Crippen molar-refractivity contribution in [3.63, 3.8) is 0 Å². The van der Waals surface area contributed by atoms with Gasteiger partial charge in [-0.15, -0.1) is 0 Å². The first-order valence-electron chi connectivity index (χ1n) is 13.1. The van der Waals surface area contributed by atoms with Crippen molar-refractivity contribution in [1.29, 1.82) is 5.26 Å². The largest absolute Gasteiger partial charge is 0.322 e. The normalized spacial score (nSPS) is 11.3. The topological polar surface area (TPSA) is 124 Å². The average molecular weight is 574 g/mol. The first-order chi connectivity index (χ1) is 20.2. The van der Waals surface area contributed by atoms with E-state index in [9.17, 15) is 14.9 Å². The fourth-order valence-electron chi connectivity index (χ4n) is 4.05. The van der Waals surface area contributed by atoms with E-state index in [2.05, 4.69) is 31.7 Å². The maximum absolute atomic E-state index is 13.0. The number of amides is 2. The lowest BCUT2D eigenvalue weighted by molar-refractivity contribution is -0.111. The number of benzene rings is 3. The van der Waals surface area contributed by atoms with Gasteiger partial charge in [0.2, 0.25) is 11.9 Å². The molecule has 42 heavy (non-hydrogen) atoms. The Balaban J connectivity index is 1.28. The predicted molar refractivity (Wildman–Crippen MR) is 167 cm³/mol. The van der Waals surface area contributed by atoms with E-state index in [-0.39, 0.29) is 11.8 Å². The molecule has 9 nitrogen and oxygen atoms in total. The quantitative estimate of drug-likeness (QED) is 0.202. The van der Waals surface area contributed by atoms with Crippen molar-refractivity contribution in [3.8, 4) is 6.07 Å². The van der Waals surface area contributed by atoms with Crippen molar-refractivity contribution in [2.75, 3.05) is 22.6 Å². The molecular formula is C32H27N7O2S. The van der Waals surface area contributed by atoms with E-state index in [0.29, 0.717) is 32.7 Å². The molecule has 0 aliphatic heterocycles. The molecule has 0 bridgehead atoms. The molecule has 2 amide bonds. The second-order valence-corrected chi connectivity index (χ2v) is 11.0. The highest BCUT2D eigenvalue weighted by Gasteiger charge is 2.21. The Labute approximate surface area is 247 Å². The number of nitrogens with one attached hydrogen (secondary N) is 2. The molecule has 5 aromatic rings. The molecule has 0 fully saturated rings. The van der Waals surface area contributed by atoms with Crippen LogP contribution in [0.2, 0.25) is 0 Å². The molecule has 208 valence electrons. The number of fused-ring (bicyclic) bond motifs is 1. The van der Waals surface area contributed by atoms with Crippen molar-refractivity contribution >= 4 is 62.0 Å². The average Bonchev–Trinajstić information content (AvgIpc) is 3.41. The molecule has 10 heteroatoms. The molecule has 0 saturated carbocycles. The molecule has 0 atom stereocenters. The van der Waals surface area contributed by atoms with Crippen LogP contribution in [0.1, 0.15) is 35.3 Å². The Morgan fingerprint density at radius 3 is 2.55 bits per heavy atom. The van der Waals surface area contributed by atoms with E-state index in [4.69, 9.17) is 0 Å². The van der Waals surface area contributed by atoms with E-state index < -0.39 is 5.41 Å². The van der Waals surface area contributed by atoms with E-state index in [1.54, 1.807) is 41.4 Å². The summed E-state index contributed by atoms with van der Waals surface area (Å²) in [6, 6.07) is 26.2. The molecule has 0 aliphatic carbocycles. The lowest BCUT2D eigenvalue weighted by Crippen LogP contribution is -2.17. The monoisotopic (exact) mass is 573 g/mol. The van der Waals surface area contributed by atoms with Gasteiger partial charge in [0.1, 0.15) is 5.52 Å². The van der Waals surface area contributed by atoms with Gasteiger partial charge in [0.25, 0.3) is 5.91 Å². The summed E-state index contributed by atoms with van der Waals surface area (Å²) in [5.41, 5.74) is 3.39. The van der Waals surface area contributed by atoms with Crippen LogP contribution < -0.4 is 15.5 Å². The summed E-state index contributed by atoms with van der Waals surface area (Å²) in [5, 5.41) is 15.6. The number of carbonyl (C=O) groups is 2. The van der Waals surface area contributed by atoms with Crippen LogP contribution >= 0.6 is 11.3 Å². The van der Waals surface area contributed by atoms with Crippen LogP contribution in [0, 0.1) is 11.3 Å². The molecular weight excluding hydrogens is 546 g/mol. The number of aromatic nitrogens is 3. The second-order valence-electron chi connectivity index (χ2n) is 9.99. The molecule has 0 spiro atoms. The molecule has 0 aliphatic rings. The minimum Gasteiger partial charge on any atom is -0.322 e. The standard InChI is InChI=1S/C32H27N7O2S/c1-32(2,20-33)23-12-7-11-22(17-23)28(41)35-24-13-8-14-25(18-24)39(3)30-34-19-26-29(38-30)42-31(36-26)37-27(40)16-15-21-9-5-4-6-10-21/h4-19H,1-3H3,(H,35,41)(H,36,37,40). The van der Waals surface area contributed by atoms with Gasteiger partial charge >= 0.3 is 0 Å². The van der Waals surface area contributed by atoms with Crippen LogP contribution in [0.15, 0.2) is 91.1 Å². The molecule has 5 rings (SSSR count). The smallest absolute Gasteiger partial charge is 0.255 e. The number of nitrogens with zero attached hydrogens (tertiary/aromatic N) is 5. The summed E-state index contributed by atoms with van der Waals surface area (Å²) in [4.78, 5) is 41.3. The maximum atomic E-state index is 13.0. The number of thiazole rings is 1. The minimum absolute atomic E-state index is 0.277. The third-order valence-electron chi connectivity index (χ3n) is 6.51. The zero-order valence-electron chi connectivity index (χ0n) is 23.2. The summed E-state index contributed by atoms with van der Waals surface area (Å²) in [6.07, 6.45) is 4.81. The second kappa shape index (κ2) is 12.0. The Bertz CT molecular complexity index is 1840. The number of hydrogen-bond donors (Lipinski definition) is 2. The van der Waals surface area contributed by atoms with Crippen LogP contribution in [-0.2, 0) is 10.2 Å². The highest BCUT2D eigenvalue weighted by atomic mass is 32.1. The van der Waals surface area contributed by atoms with Gasteiger partial charge in [0, 0.05) is 30.1 Å². The van der Waals surface area contributed by atoms with Gasteiger partial charge < -0.3 is 10.2 Å². The van der Waals surface area contributed by atoms with Gasteiger partial charge in [-0.05, 0) is 61.4 Å². The van der Waals surface area contributed by atoms with Crippen LogP contribution in [-0.4, -0.2) is 33.8 Å². The summed E-state index contributed by atoms with van der Waals surface area (Å²) in [7, 11) is 1.83. The Morgan fingerprint density at radius 1 is 0.976 bits per heavy atom. The molecule has 2 N–H and O–H groups in total. The van der Waals surface area contributed by atoms with E-state index in [1.165, 1.54) is 17.4 Å². The molecule has 2 aromatic heterocycles. The SMILES string of the molecule is CN(c1cccc(NC(=O)c2cccc(C(C)(C)C#N)c2)c1)c1ncc2nc(NC(=O)C=Cc3ccccc3)sc2n1. The van der Waals surface area contributed by atoms with E-state index >= 15 is 0 Å². The lowest BCUT2D eigenvalue weighted by atomic mass is 9.85. The van der Waals surface area contributed by atoms with Crippen molar-refractivity contribution < 1.29 is 9.59 Å². The lowest BCUT2D eigenvalue weighted by Gasteiger charge is -2.18. The minimum atomic E-state index is -0.704. The first-order valence-corrected chi connectivity index (χ1v) is 13.9. The Hall–Kier alpha value is -5.40. The summed E-state index contributed by atoms with van der Waals surface area (Å²) in [5.74, 6) is -0.133. The van der Waals surface area contributed by atoms with Crippen LogP contribution in [0.3, 0.4) is 0 Å². The van der Waals surface area contributed by atoms with Crippen molar-refractivity contribution in [1.82, 2.24) is 15.0 Å². The van der Waals surface area contributed by atoms with Gasteiger partial charge in [-0.25, -0.2) is 9.97 Å². The number of hydrogen-bond acceptors (Lipinski definition) is 8. The highest BCUT2D eigenvalue weighted by Crippen LogP contribution is 2.29. The number of carbonyl (C=O) groups excluding carboxylic acids is 2. The van der Waals surface area contributed by atoms with Gasteiger partial charge in [-0.3, -0.25) is 14.9 Å². The number of rotatable bonds is 8. The molecule has 0 radical (unpaired) electrons. The maximum Gasteiger partial charge on any atom is 0.255 e. The summed E-state index contributed by atoms with van der Waals surface area (Å²) >= 11 is 1.26. The van der Waals surface area contributed by atoms with Crippen LogP contribution in [0.25, 0.3) is 16.4 Å². The van der Waals surface area contributed by atoms with E-state index in [1.807, 2.05) is 75.5 Å². The van der Waals surface area contributed by atoms with Crippen molar-refractivity contribution in [2.24, 2.45) is 0 Å². The van der Waals surface area contributed by atoms with Crippen molar-refractivity contribution in [3.05, 3.63) is 108 Å². The Morgan fingerprint density at radius 2 is 1.76 bits per heavy atom. The van der Waals surface area contributed by atoms with Gasteiger partial charge in [0.05, 0.1) is 17.7 Å². The fraction of sp³-hybridized carbons (Fsp3) is 0.125. The van der Waals surface area contributed by atoms with Crippen LogP contribution in [0.5, 0.6) is 0 Å². The van der Waals surface area contributed by atoms with Gasteiger partial charge in [-0.2, -0.15) is 10.2 Å². The summed E-state index contributed by atoms with van der Waals surface area (Å²) in [6.45, 7) is 3.63. The number of anilines is 4. The number of nitriles is 1. The van der Waals surface area contributed by atoms with Crippen molar-refractivity contribution in [2.45, 2.75) is 19.3 Å². The molecule has 2 heterocycles.